The van der Waals surface area contributed by atoms with Gasteiger partial charge in [0.15, 0.2) is 0 Å². The van der Waals surface area contributed by atoms with Crippen LogP contribution in [0.25, 0.3) is 0 Å². The minimum Gasteiger partial charge on any atom is -0.107 e. The standard InChI is InChI=1S/C2H5.Al.HI.2H/c1-2;;;;/h1H2,2H3;;1H;;. The molecule has 0 saturated carbocycles. The van der Waals surface area contributed by atoms with Crippen LogP contribution in [0.1, 0.15) is 6.92 Å². The lowest BCUT2D eigenvalue weighted by Crippen LogP contribution is -1.41. The quantitative estimate of drug-likeness (QED) is 0.385. The molecule has 0 aromatic heterocycles. The van der Waals surface area contributed by atoms with E-state index in [9.17, 15) is 0 Å². The topological polar surface area (TPSA) is 0 Å². The Morgan fingerprint density at radius 3 is 1.75 bits per heavy atom. The zero-order chi connectivity index (χ0) is 2.71. The maximum Gasteiger partial charge on any atom is 0.211 e. The smallest absolute Gasteiger partial charge is 0.107 e. The average Bonchev–Trinajstić information content (AvgIpc) is 0.918. The molecule has 0 amide bonds. The van der Waals surface area contributed by atoms with Crippen molar-refractivity contribution < 1.29 is 0 Å². The van der Waals surface area contributed by atoms with E-state index in [-0.39, 0.29) is 24.0 Å². The van der Waals surface area contributed by atoms with Crippen LogP contribution in [0.4, 0.5) is 0 Å². The molecule has 0 fully saturated rings. The molecule has 0 spiro atoms. The summed E-state index contributed by atoms with van der Waals surface area (Å²) in [6.45, 7) is 2.19. The summed E-state index contributed by atoms with van der Waals surface area (Å²) in [6, 6.07) is 0. The lowest BCUT2D eigenvalue weighted by atomic mass is 11.0. The number of hydrogen-bond acceptors (Lipinski definition) is 0. The molecule has 26 valence electrons. The van der Waals surface area contributed by atoms with Crippen molar-refractivity contribution in [2.45, 2.75) is 12.2 Å². The van der Waals surface area contributed by atoms with Crippen molar-refractivity contribution in [2.24, 2.45) is 0 Å². The van der Waals surface area contributed by atoms with Gasteiger partial charge in [-0.3, -0.25) is 0 Å². The normalized spacial score (nSPS) is 4.25. The van der Waals surface area contributed by atoms with Crippen LogP contribution in [0.5, 0.6) is 0 Å². The predicted molar refractivity (Wildman–Crippen MR) is 34.4 cm³/mol. The molecule has 2 heteroatoms. The zero-order valence-corrected chi connectivity index (χ0v) is 7.45. The first-order chi connectivity index (χ1) is 1.41. The van der Waals surface area contributed by atoms with E-state index in [1.165, 1.54) is 21.6 Å². The molecule has 0 aliphatic heterocycles. The van der Waals surface area contributed by atoms with Crippen LogP contribution < -0.4 is 0 Å². The van der Waals surface area contributed by atoms with Gasteiger partial charge in [-0.05, 0) is 0 Å². The number of rotatable bonds is 0. The van der Waals surface area contributed by atoms with Crippen LogP contribution in [-0.4, -0.2) is 16.3 Å². The monoisotopic (exact) mass is 186 g/mol. The maximum absolute atomic E-state index is 2.19. The first-order valence-corrected chi connectivity index (χ1v) is 2.83. The van der Waals surface area contributed by atoms with E-state index in [2.05, 4.69) is 6.92 Å². The van der Waals surface area contributed by atoms with Gasteiger partial charge in [0.2, 0.25) is 16.3 Å². The van der Waals surface area contributed by atoms with Gasteiger partial charge in [-0.2, -0.15) is 0 Å². The molecular weight excluding hydrogens is 178 g/mol. The Labute approximate surface area is 52.4 Å². The largest absolute Gasteiger partial charge is 0.211 e. The molecule has 0 saturated heterocycles. The molecule has 0 rings (SSSR count). The van der Waals surface area contributed by atoms with E-state index in [4.69, 9.17) is 0 Å². The summed E-state index contributed by atoms with van der Waals surface area (Å²) in [5.74, 6) is 0. The Hall–Kier alpha value is 1.26. The Kier molecular flexibility index (Phi) is 19.9. The highest BCUT2D eigenvalue weighted by molar-refractivity contribution is 14.0. The highest BCUT2D eigenvalue weighted by Gasteiger charge is 1.41. The molecule has 0 heterocycles. The second-order valence-corrected chi connectivity index (χ2v) is 2.12. The fourth-order valence-electron chi connectivity index (χ4n) is 0. The van der Waals surface area contributed by atoms with Crippen LogP contribution in [0.15, 0.2) is 0 Å². The van der Waals surface area contributed by atoms with Crippen molar-refractivity contribution in [3.8, 4) is 0 Å². The summed E-state index contributed by atoms with van der Waals surface area (Å²) in [5.41, 5.74) is 0. The van der Waals surface area contributed by atoms with Gasteiger partial charge in [0.05, 0.1) is 0 Å². The molecule has 0 aliphatic rings. The maximum atomic E-state index is 2.19. The van der Waals surface area contributed by atoms with Crippen molar-refractivity contribution >= 4 is 40.3 Å². The number of halogens is 1. The van der Waals surface area contributed by atoms with Crippen LogP contribution in [0.3, 0.4) is 0 Å². The summed E-state index contributed by atoms with van der Waals surface area (Å²) in [7, 11) is 0. The second kappa shape index (κ2) is 8.86. The molecule has 0 aromatic rings. The molecule has 0 bridgehead atoms. The third-order valence-corrected chi connectivity index (χ3v) is 0. The van der Waals surface area contributed by atoms with Gasteiger partial charge < -0.3 is 0 Å². The fraction of sp³-hybridized carbons (Fsp3) is 1.00. The molecule has 0 unspecified atom stereocenters. The molecule has 0 radical (unpaired) electrons. The summed E-state index contributed by atoms with van der Waals surface area (Å²) in [6.07, 6.45) is 0. The molecule has 0 nitrogen and oxygen atoms in total. The first-order valence-electron chi connectivity index (χ1n) is 1.41. The van der Waals surface area contributed by atoms with E-state index in [0.717, 1.165) is 0 Å². The second-order valence-electron chi connectivity index (χ2n) is 0.707. The van der Waals surface area contributed by atoms with Gasteiger partial charge in [0.25, 0.3) is 0 Å². The number of hydrogen-bond donors (Lipinski definition) is 0. The fourth-order valence-corrected chi connectivity index (χ4v) is 0. The van der Waals surface area contributed by atoms with Gasteiger partial charge in [-0.15, -0.1) is 29.3 Å². The first kappa shape index (κ1) is 8.98. The van der Waals surface area contributed by atoms with Crippen molar-refractivity contribution in [1.82, 2.24) is 0 Å². The molecule has 0 N–H and O–H groups in total. The van der Waals surface area contributed by atoms with Crippen LogP contribution in [-0.2, 0) is 0 Å². The average molecular weight is 186 g/mol. The van der Waals surface area contributed by atoms with Crippen molar-refractivity contribution in [3.63, 3.8) is 0 Å². The molecule has 0 aromatic carbocycles. The van der Waals surface area contributed by atoms with Crippen molar-refractivity contribution in [3.05, 3.63) is 0 Å². The van der Waals surface area contributed by atoms with E-state index < -0.39 is 0 Å². The molecule has 0 aliphatic carbocycles. The summed E-state index contributed by atoms with van der Waals surface area (Å²) >= 11 is 1.37. The highest BCUT2D eigenvalue weighted by atomic mass is 127. The van der Waals surface area contributed by atoms with Gasteiger partial charge in [0, 0.05) is 0 Å². The summed E-state index contributed by atoms with van der Waals surface area (Å²) < 4.78 is 0. The SMILES string of the molecule is C[CH2][AlH2].I. The van der Waals surface area contributed by atoms with E-state index in [0.29, 0.717) is 0 Å². The Morgan fingerprint density at radius 1 is 1.75 bits per heavy atom. The van der Waals surface area contributed by atoms with E-state index in [1.54, 1.807) is 0 Å². The highest BCUT2D eigenvalue weighted by Crippen LogP contribution is 1.49. The third-order valence-electron chi connectivity index (χ3n) is 0. The van der Waals surface area contributed by atoms with Gasteiger partial charge in [-0.25, -0.2) is 0 Å². The lowest BCUT2D eigenvalue weighted by Gasteiger charge is -1.44. The van der Waals surface area contributed by atoms with Crippen LogP contribution in [0, 0.1) is 0 Å². The van der Waals surface area contributed by atoms with Gasteiger partial charge in [0.1, 0.15) is 0 Å². The Balaban J connectivity index is 0. The summed E-state index contributed by atoms with van der Waals surface area (Å²) in [4.78, 5) is 0. The van der Waals surface area contributed by atoms with Crippen molar-refractivity contribution in [1.29, 1.82) is 0 Å². The van der Waals surface area contributed by atoms with Gasteiger partial charge in [-0.1, -0.05) is 6.92 Å². The van der Waals surface area contributed by atoms with E-state index in [1.807, 2.05) is 0 Å². The minimum atomic E-state index is 0. The predicted octanol–water partition coefficient (Wildman–Crippen LogP) is 0.676. The molecular formula is C2H8AlI. The molecule has 0 atom stereocenters. The summed E-state index contributed by atoms with van der Waals surface area (Å²) in [5, 5.41) is 1.39. The van der Waals surface area contributed by atoms with Crippen LogP contribution >= 0.6 is 24.0 Å². The lowest BCUT2D eigenvalue weighted by molar-refractivity contribution is 1.48. The third kappa shape index (κ3) is 10.5. The molecule has 4 heavy (non-hydrogen) atoms. The Bertz CT molecular complexity index is 6.00. The Morgan fingerprint density at radius 2 is 1.75 bits per heavy atom. The zero-order valence-electron chi connectivity index (χ0n) is 3.12. The minimum absolute atomic E-state index is 0. The van der Waals surface area contributed by atoms with Gasteiger partial charge >= 0.3 is 0 Å². The van der Waals surface area contributed by atoms with Crippen molar-refractivity contribution in [2.75, 3.05) is 0 Å². The van der Waals surface area contributed by atoms with Crippen LogP contribution in [0.2, 0.25) is 5.28 Å². The van der Waals surface area contributed by atoms with E-state index >= 15 is 0 Å².